The van der Waals surface area contributed by atoms with Gasteiger partial charge >= 0.3 is 5.97 Å². The maximum Gasteiger partial charge on any atom is 0.335 e. The number of nitrogens with one attached hydrogen (secondary N) is 1. The second-order valence-corrected chi connectivity index (χ2v) is 9.42. The first-order valence-electron chi connectivity index (χ1n) is 11.2. The molecule has 0 aliphatic carbocycles. The van der Waals surface area contributed by atoms with Gasteiger partial charge in [-0.3, -0.25) is 4.90 Å². The van der Waals surface area contributed by atoms with Gasteiger partial charge < -0.3 is 14.8 Å². The number of aryl methyl sites for hydroxylation is 1. The Morgan fingerprint density at radius 3 is 2.77 bits per heavy atom. The van der Waals surface area contributed by atoms with E-state index >= 15 is 0 Å². The smallest absolute Gasteiger partial charge is 0.335 e. The molecule has 2 aliphatic heterocycles. The summed E-state index contributed by atoms with van der Waals surface area (Å²) in [5.74, 6) is 0.718. The van der Waals surface area contributed by atoms with E-state index < -0.39 is 5.97 Å². The molecule has 3 unspecified atom stereocenters. The van der Waals surface area contributed by atoms with Crippen LogP contribution in [-0.2, 0) is 12.1 Å². The molecule has 162 valence electrons. The van der Waals surface area contributed by atoms with Crippen molar-refractivity contribution in [3.05, 3.63) is 64.8 Å². The van der Waals surface area contributed by atoms with E-state index in [0.29, 0.717) is 17.5 Å². The molecule has 2 N–H and O–H groups in total. The van der Waals surface area contributed by atoms with Crippen LogP contribution in [0.25, 0.3) is 10.9 Å². The highest BCUT2D eigenvalue weighted by atomic mass is 16.5. The van der Waals surface area contributed by atoms with Gasteiger partial charge in [0.05, 0.1) is 12.7 Å². The SMILES string of the molecule is COc1cc(C)c2[nH]ccc2c1CN1C2CCC1(c1ccc(C(=O)O)cc1)CC(C)C2. The first-order valence-corrected chi connectivity index (χ1v) is 11.2. The van der Waals surface area contributed by atoms with Crippen LogP contribution in [0.3, 0.4) is 0 Å². The van der Waals surface area contributed by atoms with Crippen LogP contribution in [-0.4, -0.2) is 34.1 Å². The molecule has 1 aromatic heterocycles. The minimum atomic E-state index is -0.874. The van der Waals surface area contributed by atoms with Crippen LogP contribution in [0.1, 0.15) is 59.7 Å². The lowest BCUT2D eigenvalue weighted by Gasteiger charge is -2.48. The second-order valence-electron chi connectivity index (χ2n) is 9.42. The third-order valence-corrected chi connectivity index (χ3v) is 7.57. The van der Waals surface area contributed by atoms with Crippen LogP contribution >= 0.6 is 0 Å². The zero-order valence-electron chi connectivity index (χ0n) is 18.4. The van der Waals surface area contributed by atoms with Gasteiger partial charge in [0.15, 0.2) is 0 Å². The first-order chi connectivity index (χ1) is 14.9. The van der Waals surface area contributed by atoms with E-state index in [1.165, 1.54) is 40.4 Å². The molecule has 31 heavy (non-hydrogen) atoms. The number of fused-ring (bicyclic) bond motifs is 3. The topological polar surface area (TPSA) is 65.6 Å². The van der Waals surface area contributed by atoms with Gasteiger partial charge in [0.2, 0.25) is 0 Å². The lowest BCUT2D eigenvalue weighted by molar-refractivity contribution is 0.0181. The maximum absolute atomic E-state index is 11.4. The molecule has 2 fully saturated rings. The van der Waals surface area contributed by atoms with E-state index in [4.69, 9.17) is 4.74 Å². The molecule has 0 radical (unpaired) electrons. The molecule has 3 aromatic rings. The molecule has 0 amide bonds. The number of carboxylic acids is 1. The fourth-order valence-electron chi connectivity index (χ4n) is 6.23. The highest BCUT2D eigenvalue weighted by Crippen LogP contribution is 2.53. The van der Waals surface area contributed by atoms with E-state index in [9.17, 15) is 9.90 Å². The Balaban J connectivity index is 1.60. The van der Waals surface area contributed by atoms with Crippen LogP contribution in [0, 0.1) is 12.8 Å². The van der Waals surface area contributed by atoms with Crippen molar-refractivity contribution < 1.29 is 14.6 Å². The number of benzene rings is 2. The molecule has 5 heteroatoms. The highest BCUT2D eigenvalue weighted by molar-refractivity contribution is 5.88. The average molecular weight is 419 g/mol. The van der Waals surface area contributed by atoms with Crippen LogP contribution in [0.15, 0.2) is 42.6 Å². The van der Waals surface area contributed by atoms with Crippen molar-refractivity contribution in [3.8, 4) is 5.75 Å². The molecule has 3 heterocycles. The molecule has 2 aliphatic rings. The molecule has 2 saturated heterocycles. The summed E-state index contributed by atoms with van der Waals surface area (Å²) >= 11 is 0. The van der Waals surface area contributed by atoms with E-state index in [0.717, 1.165) is 25.1 Å². The Labute approximate surface area is 183 Å². The van der Waals surface area contributed by atoms with Gasteiger partial charge in [-0.15, -0.1) is 0 Å². The molecule has 2 bridgehead atoms. The third-order valence-electron chi connectivity index (χ3n) is 7.57. The van der Waals surface area contributed by atoms with E-state index in [2.05, 4.69) is 35.9 Å². The number of carbonyl (C=O) groups is 1. The zero-order valence-corrected chi connectivity index (χ0v) is 18.4. The van der Waals surface area contributed by atoms with Crippen molar-refractivity contribution in [1.82, 2.24) is 9.88 Å². The third kappa shape index (κ3) is 3.14. The molecule has 3 atom stereocenters. The Morgan fingerprint density at radius 2 is 2.06 bits per heavy atom. The lowest BCUT2D eigenvalue weighted by Crippen LogP contribution is -2.49. The predicted molar refractivity (Wildman–Crippen MR) is 122 cm³/mol. The zero-order chi connectivity index (χ0) is 21.8. The fourth-order valence-corrected chi connectivity index (χ4v) is 6.23. The van der Waals surface area contributed by atoms with Crippen LogP contribution in [0.4, 0.5) is 0 Å². The van der Waals surface area contributed by atoms with Crippen molar-refractivity contribution in [3.63, 3.8) is 0 Å². The van der Waals surface area contributed by atoms with E-state index in [1.807, 2.05) is 18.3 Å². The van der Waals surface area contributed by atoms with Crippen LogP contribution in [0.5, 0.6) is 5.75 Å². The number of hydrogen-bond acceptors (Lipinski definition) is 3. The van der Waals surface area contributed by atoms with Gasteiger partial charge in [-0.05, 0) is 73.9 Å². The predicted octanol–water partition coefficient (Wildman–Crippen LogP) is 5.47. The molecule has 0 saturated carbocycles. The van der Waals surface area contributed by atoms with Crippen LogP contribution < -0.4 is 4.74 Å². The van der Waals surface area contributed by atoms with Crippen LogP contribution in [0.2, 0.25) is 0 Å². The number of piperidine rings is 1. The van der Waals surface area contributed by atoms with Gasteiger partial charge in [0.1, 0.15) is 5.75 Å². The number of aromatic amines is 1. The van der Waals surface area contributed by atoms with Gasteiger partial charge in [0, 0.05) is 40.8 Å². The first kappa shape index (κ1) is 20.1. The van der Waals surface area contributed by atoms with E-state index in [-0.39, 0.29) is 5.54 Å². The number of aromatic carboxylic acids is 1. The fraction of sp³-hybridized carbons (Fsp3) is 0.423. The van der Waals surface area contributed by atoms with Crippen molar-refractivity contribution in [2.45, 2.75) is 57.7 Å². The van der Waals surface area contributed by atoms with Crippen molar-refractivity contribution in [2.75, 3.05) is 7.11 Å². The summed E-state index contributed by atoms with van der Waals surface area (Å²) in [7, 11) is 1.75. The lowest BCUT2D eigenvalue weighted by atomic mass is 9.77. The Morgan fingerprint density at radius 1 is 1.29 bits per heavy atom. The molecular formula is C26H30N2O3. The summed E-state index contributed by atoms with van der Waals surface area (Å²) in [6, 6.07) is 12.4. The summed E-state index contributed by atoms with van der Waals surface area (Å²) in [4.78, 5) is 17.4. The number of hydrogen-bond donors (Lipinski definition) is 2. The van der Waals surface area contributed by atoms with Gasteiger partial charge in [-0.25, -0.2) is 4.79 Å². The van der Waals surface area contributed by atoms with Crippen molar-refractivity contribution in [1.29, 1.82) is 0 Å². The molecule has 2 aromatic carbocycles. The largest absolute Gasteiger partial charge is 0.496 e. The monoisotopic (exact) mass is 418 g/mol. The number of nitrogens with zero attached hydrogens (tertiary/aromatic N) is 1. The Bertz CT molecular complexity index is 1130. The summed E-state index contributed by atoms with van der Waals surface area (Å²) in [6.07, 6.45) is 6.60. The van der Waals surface area contributed by atoms with Gasteiger partial charge in [-0.2, -0.15) is 0 Å². The van der Waals surface area contributed by atoms with E-state index in [1.54, 1.807) is 19.2 Å². The Hall–Kier alpha value is -2.79. The number of carboxylic acid groups (broad SMARTS) is 1. The highest BCUT2D eigenvalue weighted by Gasteiger charge is 2.51. The molecular weight excluding hydrogens is 388 g/mol. The number of ether oxygens (including phenoxy) is 1. The standard InChI is InChI=1S/C26H30N2O3/c1-16-12-20-8-10-26(14-16,19-6-4-18(5-7-19)25(29)30)28(20)15-22-21-9-11-27-24(21)17(2)13-23(22)31-3/h4-7,9,11,13,16,20,27H,8,10,12,14-15H2,1-3H3,(H,29,30). The summed E-state index contributed by atoms with van der Waals surface area (Å²) in [6.45, 7) is 5.30. The minimum absolute atomic E-state index is 0.0576. The van der Waals surface area contributed by atoms with Crippen molar-refractivity contribution >= 4 is 16.9 Å². The number of H-pyrrole nitrogens is 1. The van der Waals surface area contributed by atoms with Crippen molar-refractivity contribution in [2.24, 2.45) is 5.92 Å². The van der Waals surface area contributed by atoms with Gasteiger partial charge in [-0.1, -0.05) is 19.1 Å². The summed E-state index contributed by atoms with van der Waals surface area (Å²) in [5.41, 5.74) is 5.13. The Kier molecular flexibility index (Phi) is 4.82. The minimum Gasteiger partial charge on any atom is -0.496 e. The summed E-state index contributed by atoms with van der Waals surface area (Å²) in [5, 5.41) is 10.6. The average Bonchev–Trinajstić information content (AvgIpc) is 3.32. The number of aromatic nitrogens is 1. The molecule has 5 nitrogen and oxygen atoms in total. The normalized spacial score (nSPS) is 25.8. The quantitative estimate of drug-likeness (QED) is 0.576. The summed E-state index contributed by atoms with van der Waals surface area (Å²) < 4.78 is 5.83. The molecule has 0 spiro atoms. The molecule has 5 rings (SSSR count). The number of methoxy groups -OCH3 is 1. The number of rotatable bonds is 5. The van der Waals surface area contributed by atoms with Gasteiger partial charge in [0.25, 0.3) is 0 Å². The maximum atomic E-state index is 11.4. The second kappa shape index (κ2) is 7.41.